The second-order valence-corrected chi connectivity index (χ2v) is 6.85. The number of amides is 1. The zero-order valence-electron chi connectivity index (χ0n) is 15.2. The van der Waals surface area contributed by atoms with E-state index in [-0.39, 0.29) is 12.5 Å². The number of nitrogens with zero attached hydrogens (tertiary/aromatic N) is 2. The van der Waals surface area contributed by atoms with Gasteiger partial charge in [0.05, 0.1) is 0 Å². The molecule has 1 fully saturated rings. The Morgan fingerprint density at radius 2 is 2.04 bits per heavy atom. The molecule has 0 bridgehead atoms. The molecule has 26 heavy (non-hydrogen) atoms. The molecular formula is C20H27N3O3. The van der Waals surface area contributed by atoms with E-state index in [1.54, 1.807) is 18.3 Å². The van der Waals surface area contributed by atoms with Crippen LogP contribution in [0.5, 0.6) is 0 Å². The molecule has 2 heterocycles. The molecule has 0 atom stereocenters. The number of allylic oxidation sites excluding steroid dienone is 1. The van der Waals surface area contributed by atoms with Gasteiger partial charge in [0.2, 0.25) is 0 Å². The number of rotatable bonds is 7. The van der Waals surface area contributed by atoms with Crippen molar-refractivity contribution < 1.29 is 14.3 Å². The summed E-state index contributed by atoms with van der Waals surface area (Å²) in [5.74, 6) is -0.105. The molecule has 1 amide bonds. The summed E-state index contributed by atoms with van der Waals surface area (Å²) in [6.45, 7) is 2.13. The fourth-order valence-electron chi connectivity index (χ4n) is 3.49. The quantitative estimate of drug-likeness (QED) is 0.600. The molecule has 6 heteroatoms. The molecule has 140 valence electrons. The van der Waals surface area contributed by atoms with Crippen LogP contribution < -0.4 is 10.2 Å². The van der Waals surface area contributed by atoms with Gasteiger partial charge in [0.1, 0.15) is 11.4 Å². The Kier molecular flexibility index (Phi) is 6.63. The van der Waals surface area contributed by atoms with E-state index >= 15 is 0 Å². The maximum atomic E-state index is 12.4. The molecule has 6 nitrogen and oxygen atoms in total. The van der Waals surface area contributed by atoms with Crippen LogP contribution in [0.2, 0.25) is 0 Å². The molecule has 1 aromatic rings. The first kappa shape index (κ1) is 18.4. The van der Waals surface area contributed by atoms with Gasteiger partial charge in [-0.05, 0) is 57.1 Å². The van der Waals surface area contributed by atoms with Gasteiger partial charge in [-0.2, -0.15) is 0 Å². The maximum absolute atomic E-state index is 12.4. The number of hydrogen-bond donors (Lipinski definition) is 1. The Morgan fingerprint density at radius 3 is 2.81 bits per heavy atom. The third-order valence-corrected chi connectivity index (χ3v) is 4.90. The lowest BCUT2D eigenvalue weighted by Crippen LogP contribution is -2.30. The highest BCUT2D eigenvalue weighted by atomic mass is 16.5. The summed E-state index contributed by atoms with van der Waals surface area (Å²) >= 11 is 0. The highest BCUT2D eigenvalue weighted by Crippen LogP contribution is 2.22. The number of aromatic nitrogens is 1. The second kappa shape index (κ2) is 9.36. The fourth-order valence-corrected chi connectivity index (χ4v) is 3.49. The van der Waals surface area contributed by atoms with Gasteiger partial charge in [-0.1, -0.05) is 11.6 Å². The number of hydrogen-bond acceptors (Lipinski definition) is 5. The van der Waals surface area contributed by atoms with Crippen LogP contribution in [0.4, 0.5) is 5.82 Å². The summed E-state index contributed by atoms with van der Waals surface area (Å²) in [6, 6.07) is 3.42. The van der Waals surface area contributed by atoms with Crippen molar-refractivity contribution in [3.63, 3.8) is 0 Å². The van der Waals surface area contributed by atoms with E-state index in [2.05, 4.69) is 21.3 Å². The summed E-state index contributed by atoms with van der Waals surface area (Å²) in [6.07, 6.45) is 11.8. The minimum Gasteiger partial charge on any atom is -0.452 e. The summed E-state index contributed by atoms with van der Waals surface area (Å²) in [4.78, 5) is 30.7. The van der Waals surface area contributed by atoms with Crippen molar-refractivity contribution in [3.8, 4) is 0 Å². The van der Waals surface area contributed by atoms with Gasteiger partial charge in [-0.25, -0.2) is 9.78 Å². The average Bonchev–Trinajstić information content (AvgIpc) is 3.21. The lowest BCUT2D eigenvalue weighted by molar-refractivity contribution is -0.124. The number of carbonyl (C=O) groups is 2. The zero-order valence-corrected chi connectivity index (χ0v) is 15.2. The predicted octanol–water partition coefficient (Wildman–Crippen LogP) is 2.85. The zero-order chi connectivity index (χ0) is 18.2. The molecule has 1 aliphatic heterocycles. The largest absolute Gasteiger partial charge is 0.452 e. The minimum atomic E-state index is -0.495. The Bertz CT molecular complexity index is 666. The third kappa shape index (κ3) is 5.07. The van der Waals surface area contributed by atoms with Gasteiger partial charge < -0.3 is 15.0 Å². The first-order chi connectivity index (χ1) is 12.7. The summed E-state index contributed by atoms with van der Waals surface area (Å²) in [7, 11) is 0. The van der Waals surface area contributed by atoms with Crippen molar-refractivity contribution in [2.24, 2.45) is 0 Å². The number of carbonyl (C=O) groups excluding carboxylic acids is 2. The van der Waals surface area contributed by atoms with Crippen LogP contribution in [0.25, 0.3) is 0 Å². The van der Waals surface area contributed by atoms with Crippen LogP contribution in [0, 0.1) is 0 Å². The number of anilines is 1. The highest BCUT2D eigenvalue weighted by Gasteiger charge is 2.21. The number of esters is 1. The molecule has 0 spiro atoms. The minimum absolute atomic E-state index is 0.258. The van der Waals surface area contributed by atoms with Crippen molar-refractivity contribution in [1.29, 1.82) is 0 Å². The van der Waals surface area contributed by atoms with E-state index in [1.165, 1.54) is 18.4 Å². The molecule has 1 N–H and O–H groups in total. The van der Waals surface area contributed by atoms with Crippen molar-refractivity contribution in [3.05, 3.63) is 35.5 Å². The van der Waals surface area contributed by atoms with Crippen LogP contribution in [-0.4, -0.2) is 43.1 Å². The second-order valence-electron chi connectivity index (χ2n) is 6.85. The first-order valence-electron chi connectivity index (χ1n) is 9.56. The van der Waals surface area contributed by atoms with E-state index in [9.17, 15) is 9.59 Å². The van der Waals surface area contributed by atoms with Crippen molar-refractivity contribution in [2.45, 2.75) is 44.9 Å². The van der Waals surface area contributed by atoms with E-state index < -0.39 is 5.97 Å². The molecule has 0 saturated carbocycles. The van der Waals surface area contributed by atoms with Crippen LogP contribution in [0.3, 0.4) is 0 Å². The Hall–Kier alpha value is -2.37. The lowest BCUT2D eigenvalue weighted by Gasteiger charge is -2.18. The van der Waals surface area contributed by atoms with Gasteiger partial charge in [-0.15, -0.1) is 0 Å². The standard InChI is InChI=1S/C20H27N3O3/c24-18(21-12-10-16-7-2-1-3-8-16)15-26-20(25)17-9-6-11-22-19(17)23-13-4-5-14-23/h6-7,9,11H,1-5,8,10,12-15H2,(H,21,24). The van der Waals surface area contributed by atoms with Gasteiger partial charge in [0.25, 0.3) is 5.91 Å². The van der Waals surface area contributed by atoms with Gasteiger partial charge in [-0.3, -0.25) is 4.79 Å². The molecule has 1 saturated heterocycles. The van der Waals surface area contributed by atoms with Crippen LogP contribution in [0.1, 0.15) is 55.3 Å². The Labute approximate surface area is 154 Å². The van der Waals surface area contributed by atoms with Gasteiger partial charge in [0, 0.05) is 25.8 Å². The fraction of sp³-hybridized carbons (Fsp3) is 0.550. The molecule has 3 rings (SSSR count). The predicted molar refractivity (Wildman–Crippen MR) is 100 cm³/mol. The number of pyridine rings is 1. The summed E-state index contributed by atoms with van der Waals surface area (Å²) in [5, 5.41) is 2.82. The van der Waals surface area contributed by atoms with Crippen molar-refractivity contribution >= 4 is 17.7 Å². The number of nitrogens with one attached hydrogen (secondary N) is 1. The molecular weight excluding hydrogens is 330 g/mol. The Morgan fingerprint density at radius 1 is 1.19 bits per heavy atom. The van der Waals surface area contributed by atoms with Gasteiger partial charge >= 0.3 is 5.97 Å². The SMILES string of the molecule is O=C(COC(=O)c1cccnc1N1CCCC1)NCCC1=CCCCC1. The molecule has 0 radical (unpaired) electrons. The van der Waals surface area contributed by atoms with E-state index in [0.29, 0.717) is 17.9 Å². The van der Waals surface area contributed by atoms with E-state index in [4.69, 9.17) is 4.74 Å². The third-order valence-electron chi connectivity index (χ3n) is 4.90. The lowest BCUT2D eigenvalue weighted by atomic mass is 9.97. The van der Waals surface area contributed by atoms with Crippen LogP contribution in [-0.2, 0) is 9.53 Å². The summed E-state index contributed by atoms with van der Waals surface area (Å²) in [5.41, 5.74) is 1.84. The monoisotopic (exact) mass is 357 g/mol. The number of ether oxygens (including phenoxy) is 1. The Balaban J connectivity index is 1.45. The molecule has 0 unspecified atom stereocenters. The van der Waals surface area contributed by atoms with Crippen molar-refractivity contribution in [2.75, 3.05) is 31.1 Å². The van der Waals surface area contributed by atoms with Crippen molar-refractivity contribution in [1.82, 2.24) is 10.3 Å². The topological polar surface area (TPSA) is 71.5 Å². The molecule has 1 aromatic heterocycles. The van der Waals surface area contributed by atoms with Crippen LogP contribution in [0.15, 0.2) is 30.0 Å². The maximum Gasteiger partial charge on any atom is 0.342 e. The normalized spacial score (nSPS) is 16.9. The average molecular weight is 357 g/mol. The highest BCUT2D eigenvalue weighted by molar-refractivity contribution is 5.96. The van der Waals surface area contributed by atoms with Crippen LogP contribution >= 0.6 is 0 Å². The molecule has 2 aliphatic rings. The smallest absolute Gasteiger partial charge is 0.342 e. The summed E-state index contributed by atoms with van der Waals surface area (Å²) < 4.78 is 5.20. The first-order valence-corrected chi connectivity index (χ1v) is 9.56. The molecule has 0 aromatic carbocycles. The molecule has 1 aliphatic carbocycles. The van der Waals surface area contributed by atoms with E-state index in [1.807, 2.05) is 0 Å². The van der Waals surface area contributed by atoms with E-state index in [0.717, 1.165) is 45.2 Å². The van der Waals surface area contributed by atoms with Gasteiger partial charge in [0.15, 0.2) is 6.61 Å².